The zero-order chi connectivity index (χ0) is 16.8. The van der Waals surface area contributed by atoms with Crippen molar-refractivity contribution in [3.05, 3.63) is 79.6 Å². The monoisotopic (exact) mass is 336 g/mol. The standard InChI is InChI=1S/C18H12N2O3S/c1-10-8-16(21)23-15-9-11(6-7-12(10)15)20-17(22)13-4-2-3-5-14(13)19-18(20)24/h2-9H,1H3,(H,19,24). The number of aromatic nitrogens is 2. The molecule has 0 bridgehead atoms. The van der Waals surface area contributed by atoms with Crippen LogP contribution in [0.15, 0.2) is 62.5 Å². The molecule has 0 unspecified atom stereocenters. The third-order valence-electron chi connectivity index (χ3n) is 4.00. The molecule has 0 radical (unpaired) electrons. The number of hydrogen-bond donors (Lipinski definition) is 1. The highest BCUT2D eigenvalue weighted by Gasteiger charge is 2.09. The van der Waals surface area contributed by atoms with E-state index < -0.39 is 5.63 Å². The first-order chi connectivity index (χ1) is 11.5. The van der Waals surface area contributed by atoms with E-state index in [2.05, 4.69) is 4.98 Å². The van der Waals surface area contributed by atoms with E-state index in [0.717, 1.165) is 10.9 Å². The summed E-state index contributed by atoms with van der Waals surface area (Å²) in [5.74, 6) is 0. The van der Waals surface area contributed by atoms with E-state index in [4.69, 9.17) is 16.6 Å². The summed E-state index contributed by atoms with van der Waals surface area (Å²) < 4.78 is 6.94. The second-order valence-corrected chi connectivity index (χ2v) is 5.93. The highest BCUT2D eigenvalue weighted by atomic mass is 32.1. The van der Waals surface area contributed by atoms with E-state index in [1.165, 1.54) is 10.6 Å². The van der Waals surface area contributed by atoms with Crippen LogP contribution in [0.4, 0.5) is 0 Å². The van der Waals surface area contributed by atoms with Gasteiger partial charge >= 0.3 is 5.63 Å². The number of hydrogen-bond acceptors (Lipinski definition) is 4. The summed E-state index contributed by atoms with van der Waals surface area (Å²) >= 11 is 5.34. The SMILES string of the molecule is Cc1cc(=O)oc2cc(-n3c(=S)[nH]c4ccccc4c3=O)ccc12. The molecular formula is C18H12N2O3S. The van der Waals surface area contributed by atoms with Crippen LogP contribution >= 0.6 is 12.2 Å². The zero-order valence-electron chi connectivity index (χ0n) is 12.7. The van der Waals surface area contributed by atoms with Gasteiger partial charge in [-0.1, -0.05) is 12.1 Å². The maximum Gasteiger partial charge on any atom is 0.336 e. The lowest BCUT2D eigenvalue weighted by molar-refractivity contribution is 0.559. The van der Waals surface area contributed by atoms with Gasteiger partial charge in [-0.3, -0.25) is 9.36 Å². The second kappa shape index (κ2) is 5.28. The summed E-state index contributed by atoms with van der Waals surface area (Å²) in [6.07, 6.45) is 0. The minimum atomic E-state index is -0.423. The fraction of sp³-hybridized carbons (Fsp3) is 0.0556. The molecule has 0 saturated carbocycles. The van der Waals surface area contributed by atoms with Crippen molar-refractivity contribution in [2.45, 2.75) is 6.92 Å². The summed E-state index contributed by atoms with van der Waals surface area (Å²) in [6, 6.07) is 13.9. The van der Waals surface area contributed by atoms with Gasteiger partial charge in [-0.15, -0.1) is 0 Å². The van der Waals surface area contributed by atoms with Gasteiger partial charge < -0.3 is 9.40 Å². The molecule has 118 valence electrons. The maximum atomic E-state index is 12.8. The molecule has 2 heterocycles. The number of benzene rings is 2. The molecule has 0 aliphatic heterocycles. The summed E-state index contributed by atoms with van der Waals surface area (Å²) in [7, 11) is 0. The number of nitrogens with one attached hydrogen (secondary N) is 1. The Morgan fingerprint density at radius 1 is 1.04 bits per heavy atom. The number of nitrogens with zero attached hydrogens (tertiary/aromatic N) is 1. The molecule has 0 amide bonds. The number of H-pyrrole nitrogens is 1. The van der Waals surface area contributed by atoms with E-state index >= 15 is 0 Å². The van der Waals surface area contributed by atoms with Crippen molar-refractivity contribution >= 4 is 34.1 Å². The summed E-state index contributed by atoms with van der Waals surface area (Å²) in [5.41, 5.74) is 1.84. The lowest BCUT2D eigenvalue weighted by Crippen LogP contribution is -2.20. The van der Waals surface area contributed by atoms with Gasteiger partial charge in [0.15, 0.2) is 4.77 Å². The Labute approximate surface area is 140 Å². The normalized spacial score (nSPS) is 11.2. The first-order valence-corrected chi connectivity index (χ1v) is 7.74. The Morgan fingerprint density at radius 2 is 1.83 bits per heavy atom. The highest BCUT2D eigenvalue weighted by molar-refractivity contribution is 7.71. The van der Waals surface area contributed by atoms with Crippen LogP contribution in [0.25, 0.3) is 27.6 Å². The molecule has 4 aromatic rings. The van der Waals surface area contributed by atoms with Crippen molar-refractivity contribution in [2.24, 2.45) is 0 Å². The first kappa shape index (κ1) is 14.6. The second-order valence-electron chi connectivity index (χ2n) is 5.55. The molecular weight excluding hydrogens is 324 g/mol. The summed E-state index contributed by atoms with van der Waals surface area (Å²) in [4.78, 5) is 27.5. The Kier molecular flexibility index (Phi) is 3.21. The van der Waals surface area contributed by atoms with Gasteiger partial charge in [0.2, 0.25) is 0 Å². The molecule has 4 rings (SSSR count). The number of aromatic amines is 1. The van der Waals surface area contributed by atoms with Crippen LogP contribution < -0.4 is 11.2 Å². The van der Waals surface area contributed by atoms with Crippen molar-refractivity contribution in [1.82, 2.24) is 9.55 Å². The minimum absolute atomic E-state index is 0.219. The fourth-order valence-corrected chi connectivity index (χ4v) is 3.15. The maximum absolute atomic E-state index is 12.8. The topological polar surface area (TPSA) is 68.0 Å². The van der Waals surface area contributed by atoms with E-state index in [9.17, 15) is 9.59 Å². The van der Waals surface area contributed by atoms with Gasteiger partial charge in [0, 0.05) is 17.5 Å². The molecule has 0 aliphatic carbocycles. The third-order valence-corrected chi connectivity index (χ3v) is 4.28. The van der Waals surface area contributed by atoms with Gasteiger partial charge in [0.1, 0.15) is 5.58 Å². The molecule has 0 spiro atoms. The van der Waals surface area contributed by atoms with Gasteiger partial charge in [-0.2, -0.15) is 0 Å². The molecule has 6 heteroatoms. The van der Waals surface area contributed by atoms with Gasteiger partial charge in [-0.05, 0) is 49.0 Å². The van der Waals surface area contributed by atoms with Crippen LogP contribution in [0.3, 0.4) is 0 Å². The molecule has 0 fully saturated rings. The van der Waals surface area contributed by atoms with Gasteiger partial charge in [-0.25, -0.2) is 4.79 Å². The molecule has 0 atom stereocenters. The minimum Gasteiger partial charge on any atom is -0.423 e. The molecule has 1 N–H and O–H groups in total. The lowest BCUT2D eigenvalue weighted by atomic mass is 10.1. The lowest BCUT2D eigenvalue weighted by Gasteiger charge is -2.09. The quantitative estimate of drug-likeness (QED) is 0.427. The fourth-order valence-electron chi connectivity index (χ4n) is 2.85. The van der Waals surface area contributed by atoms with Crippen LogP contribution in [0, 0.1) is 11.7 Å². The van der Waals surface area contributed by atoms with Crippen molar-refractivity contribution < 1.29 is 4.42 Å². The van der Waals surface area contributed by atoms with Gasteiger partial charge in [0.25, 0.3) is 5.56 Å². The Balaban J connectivity index is 2.08. The molecule has 5 nitrogen and oxygen atoms in total. The number of fused-ring (bicyclic) bond motifs is 2. The van der Waals surface area contributed by atoms with E-state index in [1.54, 1.807) is 30.3 Å². The molecule has 0 aliphatic rings. The first-order valence-electron chi connectivity index (χ1n) is 7.33. The summed E-state index contributed by atoms with van der Waals surface area (Å²) in [5, 5.41) is 1.36. The molecule has 0 saturated heterocycles. The third kappa shape index (κ3) is 2.19. The van der Waals surface area contributed by atoms with Crippen LogP contribution in [-0.2, 0) is 0 Å². The van der Waals surface area contributed by atoms with Crippen molar-refractivity contribution in [2.75, 3.05) is 0 Å². The average molecular weight is 336 g/mol. The highest BCUT2D eigenvalue weighted by Crippen LogP contribution is 2.20. The summed E-state index contributed by atoms with van der Waals surface area (Å²) in [6.45, 7) is 1.84. The predicted octanol–water partition coefficient (Wildman–Crippen LogP) is 3.46. The Hall–Kier alpha value is -2.99. The van der Waals surface area contributed by atoms with Crippen LogP contribution in [0.1, 0.15) is 5.56 Å². The van der Waals surface area contributed by atoms with E-state index in [1.807, 2.05) is 19.1 Å². The van der Waals surface area contributed by atoms with Crippen molar-refractivity contribution in [1.29, 1.82) is 0 Å². The average Bonchev–Trinajstić information content (AvgIpc) is 2.54. The largest absolute Gasteiger partial charge is 0.423 e. The number of para-hydroxylation sites is 1. The predicted molar refractivity (Wildman–Crippen MR) is 95.5 cm³/mol. The van der Waals surface area contributed by atoms with Gasteiger partial charge in [0.05, 0.1) is 16.6 Å². The molecule has 2 aromatic carbocycles. The van der Waals surface area contributed by atoms with Crippen molar-refractivity contribution in [3.63, 3.8) is 0 Å². The van der Waals surface area contributed by atoms with Crippen LogP contribution in [0.2, 0.25) is 0 Å². The van der Waals surface area contributed by atoms with Crippen LogP contribution in [-0.4, -0.2) is 9.55 Å². The van der Waals surface area contributed by atoms with E-state index in [-0.39, 0.29) is 10.3 Å². The molecule has 2 aromatic heterocycles. The van der Waals surface area contributed by atoms with E-state index in [0.29, 0.717) is 22.2 Å². The Morgan fingerprint density at radius 3 is 2.67 bits per heavy atom. The zero-order valence-corrected chi connectivity index (χ0v) is 13.5. The van der Waals surface area contributed by atoms with Crippen molar-refractivity contribution in [3.8, 4) is 5.69 Å². The Bertz CT molecular complexity index is 1280. The van der Waals surface area contributed by atoms with Crippen LogP contribution in [0.5, 0.6) is 0 Å². The smallest absolute Gasteiger partial charge is 0.336 e. The number of aryl methyl sites for hydroxylation is 1. The molecule has 24 heavy (non-hydrogen) atoms. The number of rotatable bonds is 1.